The Balaban J connectivity index is 1.97. The Labute approximate surface area is 117 Å². The average molecular weight is 300 g/mol. The molecule has 0 bridgehead atoms. The first-order valence-corrected chi connectivity index (χ1v) is 6.69. The first kappa shape index (κ1) is 14.5. The number of nitrogens with zero attached hydrogens (tertiary/aromatic N) is 1. The van der Waals surface area contributed by atoms with Crippen molar-refractivity contribution in [2.45, 2.75) is 13.3 Å². The van der Waals surface area contributed by atoms with Gasteiger partial charge in [-0.05, 0) is 19.1 Å². The maximum Gasteiger partial charge on any atom is 0.254 e. The highest BCUT2D eigenvalue weighted by Crippen LogP contribution is 2.15. The molecule has 106 valence electrons. The summed E-state index contributed by atoms with van der Waals surface area (Å²) in [5.41, 5.74) is 0.377. The first-order chi connectivity index (χ1) is 9.49. The molecule has 0 atom stereocenters. The summed E-state index contributed by atoms with van der Waals surface area (Å²) in [6, 6.07) is 1.63. The van der Waals surface area contributed by atoms with Gasteiger partial charge in [0.05, 0.1) is 10.6 Å². The number of nitrogens with one attached hydrogen (secondary N) is 1. The molecular weight excluding hydrogens is 289 g/mol. The van der Waals surface area contributed by atoms with Crippen molar-refractivity contribution >= 4 is 17.2 Å². The lowest BCUT2D eigenvalue weighted by Crippen LogP contribution is -2.27. The van der Waals surface area contributed by atoms with Crippen LogP contribution in [0.4, 0.5) is 13.2 Å². The summed E-state index contributed by atoms with van der Waals surface area (Å²) in [6.45, 7) is 2.10. The second-order valence-corrected chi connectivity index (χ2v) is 5.05. The summed E-state index contributed by atoms with van der Waals surface area (Å²) in [7, 11) is 0. The van der Waals surface area contributed by atoms with Crippen LogP contribution in [0.25, 0.3) is 0 Å². The Morgan fingerprint density at radius 3 is 2.70 bits per heavy atom. The third-order valence-electron chi connectivity index (χ3n) is 2.57. The quantitative estimate of drug-likeness (QED) is 0.882. The van der Waals surface area contributed by atoms with Crippen LogP contribution in [0.15, 0.2) is 17.5 Å². The van der Waals surface area contributed by atoms with Gasteiger partial charge < -0.3 is 5.32 Å². The highest BCUT2D eigenvalue weighted by Gasteiger charge is 2.18. The van der Waals surface area contributed by atoms with Crippen LogP contribution in [0.3, 0.4) is 0 Å². The second-order valence-electron chi connectivity index (χ2n) is 4.11. The van der Waals surface area contributed by atoms with Gasteiger partial charge in [0.1, 0.15) is 0 Å². The third kappa shape index (κ3) is 3.16. The van der Waals surface area contributed by atoms with E-state index in [0.717, 1.165) is 22.8 Å². The molecule has 0 spiro atoms. The maximum absolute atomic E-state index is 13.4. The van der Waals surface area contributed by atoms with Gasteiger partial charge in [0.15, 0.2) is 17.5 Å². The van der Waals surface area contributed by atoms with E-state index in [9.17, 15) is 18.0 Å². The number of aryl methyl sites for hydroxylation is 1. The molecule has 1 aromatic heterocycles. The third-order valence-corrected chi connectivity index (χ3v) is 3.60. The average Bonchev–Trinajstić information content (AvgIpc) is 2.82. The fourth-order valence-electron chi connectivity index (χ4n) is 1.60. The van der Waals surface area contributed by atoms with Crippen molar-refractivity contribution < 1.29 is 18.0 Å². The van der Waals surface area contributed by atoms with Crippen LogP contribution in [0, 0.1) is 24.4 Å². The van der Waals surface area contributed by atoms with E-state index in [-0.39, 0.29) is 6.54 Å². The van der Waals surface area contributed by atoms with E-state index in [1.807, 2.05) is 12.3 Å². The number of amides is 1. The minimum absolute atomic E-state index is 0.240. The number of carbonyl (C=O) groups is 1. The van der Waals surface area contributed by atoms with Gasteiger partial charge in [0, 0.05) is 24.0 Å². The van der Waals surface area contributed by atoms with E-state index in [2.05, 4.69) is 10.3 Å². The first-order valence-electron chi connectivity index (χ1n) is 5.81. The number of halogens is 3. The molecule has 7 heteroatoms. The van der Waals surface area contributed by atoms with Crippen molar-refractivity contribution in [2.75, 3.05) is 6.54 Å². The van der Waals surface area contributed by atoms with Crippen molar-refractivity contribution in [2.24, 2.45) is 0 Å². The van der Waals surface area contributed by atoms with Crippen molar-refractivity contribution in [3.8, 4) is 0 Å². The molecule has 1 N–H and O–H groups in total. The van der Waals surface area contributed by atoms with Gasteiger partial charge in [-0.2, -0.15) is 0 Å². The van der Waals surface area contributed by atoms with E-state index in [4.69, 9.17) is 0 Å². The monoisotopic (exact) mass is 300 g/mol. The van der Waals surface area contributed by atoms with Crippen LogP contribution in [-0.4, -0.2) is 17.4 Å². The van der Waals surface area contributed by atoms with Crippen LogP contribution in [0.2, 0.25) is 0 Å². The van der Waals surface area contributed by atoms with Crippen molar-refractivity contribution in [1.29, 1.82) is 0 Å². The summed E-state index contributed by atoms with van der Waals surface area (Å²) in [5, 5.41) is 5.17. The summed E-state index contributed by atoms with van der Waals surface area (Å²) in [4.78, 5) is 15.9. The normalized spacial score (nSPS) is 10.6. The lowest BCUT2D eigenvalue weighted by molar-refractivity contribution is 0.0949. The van der Waals surface area contributed by atoms with E-state index in [0.29, 0.717) is 6.42 Å². The minimum atomic E-state index is -1.65. The molecule has 0 saturated heterocycles. The van der Waals surface area contributed by atoms with Crippen LogP contribution >= 0.6 is 11.3 Å². The lowest BCUT2D eigenvalue weighted by Gasteiger charge is -2.06. The van der Waals surface area contributed by atoms with Crippen LogP contribution < -0.4 is 5.32 Å². The SMILES string of the molecule is Cc1csc(CCNC(=O)c2ccc(F)c(F)c2F)n1. The number of thiazole rings is 1. The Morgan fingerprint density at radius 1 is 1.30 bits per heavy atom. The number of rotatable bonds is 4. The molecule has 1 heterocycles. The smallest absolute Gasteiger partial charge is 0.254 e. The Kier molecular flexibility index (Phi) is 4.39. The molecule has 0 aliphatic rings. The molecule has 2 rings (SSSR count). The molecule has 1 amide bonds. The van der Waals surface area contributed by atoms with Gasteiger partial charge in [0.25, 0.3) is 5.91 Å². The van der Waals surface area contributed by atoms with Crippen LogP contribution in [0.1, 0.15) is 21.1 Å². The zero-order valence-electron chi connectivity index (χ0n) is 10.5. The summed E-state index contributed by atoms with van der Waals surface area (Å²) < 4.78 is 39.1. The number of aromatic nitrogens is 1. The van der Waals surface area contributed by atoms with Gasteiger partial charge in [-0.3, -0.25) is 4.79 Å². The fraction of sp³-hybridized carbons (Fsp3) is 0.231. The summed E-state index contributed by atoms with van der Waals surface area (Å²) >= 11 is 1.46. The molecule has 2 aromatic rings. The Bertz CT molecular complexity index is 643. The number of benzene rings is 1. The Hall–Kier alpha value is -1.89. The van der Waals surface area contributed by atoms with Gasteiger partial charge in [-0.25, -0.2) is 18.2 Å². The molecule has 20 heavy (non-hydrogen) atoms. The van der Waals surface area contributed by atoms with Crippen LogP contribution in [-0.2, 0) is 6.42 Å². The predicted octanol–water partition coefficient (Wildman–Crippen LogP) is 2.84. The van der Waals surface area contributed by atoms with Crippen molar-refractivity contribution in [1.82, 2.24) is 10.3 Å². The van der Waals surface area contributed by atoms with Gasteiger partial charge >= 0.3 is 0 Å². The van der Waals surface area contributed by atoms with E-state index in [1.54, 1.807) is 0 Å². The topological polar surface area (TPSA) is 42.0 Å². The zero-order chi connectivity index (χ0) is 14.7. The fourth-order valence-corrected chi connectivity index (χ4v) is 2.37. The predicted molar refractivity (Wildman–Crippen MR) is 69.2 cm³/mol. The zero-order valence-corrected chi connectivity index (χ0v) is 11.4. The Morgan fingerprint density at radius 2 is 2.05 bits per heavy atom. The molecule has 0 aliphatic carbocycles. The molecule has 0 saturated carbocycles. The highest BCUT2D eigenvalue weighted by molar-refractivity contribution is 7.09. The van der Waals surface area contributed by atoms with E-state index in [1.165, 1.54) is 11.3 Å². The molecule has 0 radical (unpaired) electrons. The van der Waals surface area contributed by atoms with E-state index < -0.39 is 28.9 Å². The van der Waals surface area contributed by atoms with Crippen LogP contribution in [0.5, 0.6) is 0 Å². The summed E-state index contributed by atoms with van der Waals surface area (Å²) in [5.74, 6) is -5.23. The standard InChI is InChI=1S/C13H11F3N2OS/c1-7-6-20-10(18-7)4-5-17-13(19)8-2-3-9(14)12(16)11(8)15/h2-3,6H,4-5H2,1H3,(H,17,19). The number of hydrogen-bond donors (Lipinski definition) is 1. The highest BCUT2D eigenvalue weighted by atomic mass is 32.1. The molecule has 0 aliphatic heterocycles. The van der Waals surface area contributed by atoms with Crippen molar-refractivity contribution in [3.05, 3.63) is 51.2 Å². The van der Waals surface area contributed by atoms with Gasteiger partial charge in [-0.1, -0.05) is 0 Å². The molecule has 0 fully saturated rings. The summed E-state index contributed by atoms with van der Waals surface area (Å²) in [6.07, 6.45) is 0.496. The molecule has 1 aromatic carbocycles. The lowest BCUT2D eigenvalue weighted by atomic mass is 10.2. The second kappa shape index (κ2) is 6.04. The molecule has 0 unspecified atom stereocenters. The number of carbonyl (C=O) groups excluding carboxylic acids is 1. The number of hydrogen-bond acceptors (Lipinski definition) is 3. The molecule has 3 nitrogen and oxygen atoms in total. The minimum Gasteiger partial charge on any atom is -0.352 e. The van der Waals surface area contributed by atoms with Gasteiger partial charge in [0.2, 0.25) is 0 Å². The van der Waals surface area contributed by atoms with E-state index >= 15 is 0 Å². The molecular formula is C13H11F3N2OS. The maximum atomic E-state index is 13.4. The van der Waals surface area contributed by atoms with Crippen molar-refractivity contribution in [3.63, 3.8) is 0 Å². The van der Waals surface area contributed by atoms with Gasteiger partial charge in [-0.15, -0.1) is 11.3 Å². The largest absolute Gasteiger partial charge is 0.352 e.